The van der Waals surface area contributed by atoms with E-state index in [1.807, 2.05) is 0 Å². The van der Waals surface area contributed by atoms with E-state index in [1.54, 1.807) is 0 Å². The zero-order valence-corrected chi connectivity index (χ0v) is 22.0. The highest BCUT2D eigenvalue weighted by Crippen LogP contribution is 2.52. The van der Waals surface area contributed by atoms with Gasteiger partial charge in [-0.25, -0.2) is 0 Å². The van der Waals surface area contributed by atoms with Crippen molar-refractivity contribution < 1.29 is 4.42 Å². The summed E-state index contributed by atoms with van der Waals surface area (Å²) in [5.74, 6) is 0. The minimum absolute atomic E-state index is 0.162. The third-order valence-corrected chi connectivity index (χ3v) is 8.44. The van der Waals surface area contributed by atoms with E-state index < -0.39 is 0 Å². The lowest BCUT2D eigenvalue weighted by molar-refractivity contribution is 0.632. The number of benzene rings is 6. The minimum atomic E-state index is -0.162. The van der Waals surface area contributed by atoms with Crippen LogP contribution in [0.4, 0.5) is 17.1 Å². The van der Waals surface area contributed by atoms with E-state index in [9.17, 15) is 0 Å². The van der Waals surface area contributed by atoms with Crippen molar-refractivity contribution in [2.24, 2.45) is 0 Å². The molecule has 7 aromatic rings. The second-order valence-corrected chi connectivity index (χ2v) is 11.0. The quantitative estimate of drug-likeness (QED) is 0.234. The molecule has 0 amide bonds. The van der Waals surface area contributed by atoms with Crippen LogP contribution in [0.25, 0.3) is 43.8 Å². The normalized spacial score (nSPS) is 14.1. The first-order valence-electron chi connectivity index (χ1n) is 13.5. The van der Waals surface area contributed by atoms with Crippen LogP contribution in [0, 0.1) is 0 Å². The molecule has 0 saturated carbocycles. The second-order valence-electron chi connectivity index (χ2n) is 11.0. The van der Waals surface area contributed by atoms with Crippen LogP contribution in [0.5, 0.6) is 0 Å². The molecule has 39 heavy (non-hydrogen) atoms. The molecular formula is C37H27NO. The molecule has 2 nitrogen and oxygen atoms in total. The fourth-order valence-corrected chi connectivity index (χ4v) is 6.52. The molecule has 8 rings (SSSR count). The maximum absolute atomic E-state index is 6.58. The molecule has 0 atom stereocenters. The molecule has 0 radical (unpaired) electrons. The molecule has 2 heterocycles. The first-order chi connectivity index (χ1) is 19.1. The highest BCUT2D eigenvalue weighted by atomic mass is 16.3. The first-order valence-corrected chi connectivity index (χ1v) is 13.5. The topological polar surface area (TPSA) is 16.4 Å². The van der Waals surface area contributed by atoms with Gasteiger partial charge in [-0.15, -0.1) is 0 Å². The summed E-state index contributed by atoms with van der Waals surface area (Å²) in [4.78, 5) is 2.40. The van der Waals surface area contributed by atoms with Crippen LogP contribution in [0.1, 0.15) is 25.0 Å². The van der Waals surface area contributed by atoms with Gasteiger partial charge in [0.1, 0.15) is 11.2 Å². The van der Waals surface area contributed by atoms with Crippen molar-refractivity contribution in [1.29, 1.82) is 0 Å². The molecule has 0 N–H and O–H groups in total. The number of hydrogen-bond acceptors (Lipinski definition) is 2. The van der Waals surface area contributed by atoms with Gasteiger partial charge in [0.25, 0.3) is 0 Å². The largest absolute Gasteiger partial charge is 0.455 e. The lowest BCUT2D eigenvalue weighted by atomic mass is 9.73. The van der Waals surface area contributed by atoms with Crippen molar-refractivity contribution in [2.45, 2.75) is 19.3 Å². The number of hydrogen-bond donors (Lipinski definition) is 0. The van der Waals surface area contributed by atoms with Gasteiger partial charge in [-0.1, -0.05) is 105 Å². The molecule has 0 bridgehead atoms. The van der Waals surface area contributed by atoms with E-state index >= 15 is 0 Å². The van der Waals surface area contributed by atoms with Crippen LogP contribution in [-0.4, -0.2) is 0 Å². The van der Waals surface area contributed by atoms with Crippen molar-refractivity contribution in [3.63, 3.8) is 0 Å². The van der Waals surface area contributed by atoms with Crippen molar-refractivity contribution in [3.05, 3.63) is 139 Å². The second kappa shape index (κ2) is 8.09. The van der Waals surface area contributed by atoms with Crippen molar-refractivity contribution in [2.75, 3.05) is 4.90 Å². The maximum atomic E-state index is 6.58. The lowest BCUT2D eigenvalue weighted by Gasteiger charge is -2.42. The van der Waals surface area contributed by atoms with Gasteiger partial charge in [0.05, 0.1) is 11.4 Å². The van der Waals surface area contributed by atoms with E-state index in [1.165, 1.54) is 49.9 Å². The van der Waals surface area contributed by atoms with Crippen LogP contribution in [0.15, 0.2) is 132 Å². The molecule has 6 aromatic carbocycles. The predicted octanol–water partition coefficient (Wildman–Crippen LogP) is 10.5. The zero-order valence-electron chi connectivity index (χ0n) is 22.0. The number of anilines is 3. The zero-order chi connectivity index (χ0) is 26.1. The van der Waals surface area contributed by atoms with Crippen LogP contribution >= 0.6 is 0 Å². The number of furan rings is 1. The van der Waals surface area contributed by atoms with Gasteiger partial charge < -0.3 is 9.32 Å². The summed E-state index contributed by atoms with van der Waals surface area (Å²) >= 11 is 0. The molecule has 0 fully saturated rings. The molecule has 0 unspecified atom stereocenters. The van der Waals surface area contributed by atoms with Crippen molar-refractivity contribution in [3.8, 4) is 11.1 Å². The third kappa shape index (κ3) is 3.15. The summed E-state index contributed by atoms with van der Waals surface area (Å²) in [5, 5.41) is 4.81. The van der Waals surface area contributed by atoms with Crippen LogP contribution in [0.3, 0.4) is 0 Å². The summed E-state index contributed by atoms with van der Waals surface area (Å²) in [6.07, 6.45) is 0. The fourth-order valence-electron chi connectivity index (χ4n) is 6.52. The van der Waals surface area contributed by atoms with Crippen LogP contribution < -0.4 is 4.90 Å². The molecule has 0 saturated heterocycles. The van der Waals surface area contributed by atoms with Crippen molar-refractivity contribution in [1.82, 2.24) is 0 Å². The van der Waals surface area contributed by atoms with Gasteiger partial charge in [-0.3, -0.25) is 0 Å². The molecule has 1 aliphatic rings. The standard InChI is InChI=1S/C37H27NO/c1-37(2)30-17-8-9-18-32(30)38(26-12-4-3-5-13-26)33-21-19-25(23-31(33)37)28-15-10-16-29-35-27-14-7-6-11-24(27)20-22-34(35)39-36(28)29/h3-23H,1-2H3. The molecule has 1 aliphatic heterocycles. The highest BCUT2D eigenvalue weighted by Gasteiger charge is 2.37. The van der Waals surface area contributed by atoms with E-state index in [0.29, 0.717) is 0 Å². The van der Waals surface area contributed by atoms with E-state index in [4.69, 9.17) is 4.42 Å². The number of para-hydroxylation sites is 3. The highest BCUT2D eigenvalue weighted by molar-refractivity contribution is 6.20. The van der Waals surface area contributed by atoms with Gasteiger partial charge in [0.2, 0.25) is 0 Å². The average Bonchev–Trinajstić information content (AvgIpc) is 3.37. The Morgan fingerprint density at radius 2 is 1.33 bits per heavy atom. The molecule has 2 heteroatoms. The van der Waals surface area contributed by atoms with Gasteiger partial charge in [0, 0.05) is 27.4 Å². The Hall–Kier alpha value is -4.82. The Morgan fingerprint density at radius 3 is 2.23 bits per heavy atom. The van der Waals surface area contributed by atoms with E-state index in [0.717, 1.165) is 22.1 Å². The minimum Gasteiger partial charge on any atom is -0.455 e. The van der Waals surface area contributed by atoms with Crippen LogP contribution in [-0.2, 0) is 5.41 Å². The first kappa shape index (κ1) is 22.2. The van der Waals surface area contributed by atoms with E-state index in [-0.39, 0.29) is 5.41 Å². The molecule has 186 valence electrons. The lowest BCUT2D eigenvalue weighted by Crippen LogP contribution is -2.30. The predicted molar refractivity (Wildman–Crippen MR) is 163 cm³/mol. The summed E-state index contributed by atoms with van der Waals surface area (Å²) in [7, 11) is 0. The Bertz CT molecular complexity index is 2050. The van der Waals surface area contributed by atoms with Gasteiger partial charge in [-0.05, 0) is 63.9 Å². The Kier molecular flexibility index (Phi) is 4.60. The number of nitrogens with zero attached hydrogens (tertiary/aromatic N) is 1. The molecule has 1 aromatic heterocycles. The summed E-state index contributed by atoms with van der Waals surface area (Å²) in [6, 6.07) is 45.7. The maximum Gasteiger partial charge on any atom is 0.143 e. The van der Waals surface area contributed by atoms with Gasteiger partial charge in [-0.2, -0.15) is 0 Å². The van der Waals surface area contributed by atoms with Crippen molar-refractivity contribution >= 4 is 49.8 Å². The average molecular weight is 502 g/mol. The SMILES string of the molecule is CC1(C)c2ccccc2N(c2ccccc2)c2ccc(-c3cccc4c3oc3ccc5ccccc5c34)cc21. The van der Waals surface area contributed by atoms with Gasteiger partial charge >= 0.3 is 0 Å². The number of rotatable bonds is 2. The smallest absolute Gasteiger partial charge is 0.143 e. The monoisotopic (exact) mass is 501 g/mol. The van der Waals surface area contributed by atoms with E-state index in [2.05, 4.69) is 146 Å². The Balaban J connectivity index is 1.38. The summed E-state index contributed by atoms with van der Waals surface area (Å²) < 4.78 is 6.58. The fraction of sp³-hybridized carbons (Fsp3) is 0.0811. The molecule has 0 aliphatic carbocycles. The van der Waals surface area contributed by atoms with Crippen LogP contribution in [0.2, 0.25) is 0 Å². The number of fused-ring (bicyclic) bond motifs is 7. The Labute approximate surface area is 227 Å². The Morgan fingerprint density at radius 1 is 0.590 bits per heavy atom. The molecule has 0 spiro atoms. The van der Waals surface area contributed by atoms with Gasteiger partial charge in [0.15, 0.2) is 0 Å². The summed E-state index contributed by atoms with van der Waals surface area (Å²) in [6.45, 7) is 4.68. The third-order valence-electron chi connectivity index (χ3n) is 8.44. The summed E-state index contributed by atoms with van der Waals surface area (Å²) in [5.41, 5.74) is 10.3. The molecular weight excluding hydrogens is 474 g/mol.